The van der Waals surface area contributed by atoms with E-state index in [1.165, 1.54) is 0 Å². The SMILES string of the molecule is CC(C)=CCc1c(O)c(CC=C(C)C)c2c(c1O)C(=O)C(c1cc(O)c(O)cc1O)CO2. The number of carbonyl (C=O) groups excluding carboxylic acids is 1. The molecule has 3 rings (SSSR count). The molecule has 7 nitrogen and oxygen atoms in total. The van der Waals surface area contributed by atoms with Crippen LogP contribution in [0.1, 0.15) is 60.7 Å². The van der Waals surface area contributed by atoms with E-state index in [0.29, 0.717) is 12.0 Å². The van der Waals surface area contributed by atoms with Crippen molar-refractivity contribution in [3.05, 3.63) is 57.7 Å². The van der Waals surface area contributed by atoms with Crippen molar-refractivity contribution in [1.82, 2.24) is 0 Å². The zero-order valence-corrected chi connectivity index (χ0v) is 18.6. The van der Waals surface area contributed by atoms with Crippen LogP contribution in [0, 0.1) is 0 Å². The molecular formula is C25H28O7. The minimum atomic E-state index is -1.02. The van der Waals surface area contributed by atoms with Gasteiger partial charge in [-0.2, -0.15) is 0 Å². The molecule has 2 aromatic carbocycles. The van der Waals surface area contributed by atoms with Gasteiger partial charge in [-0.05, 0) is 46.6 Å². The Labute approximate surface area is 186 Å². The predicted octanol–water partition coefficient (Wildman–Crippen LogP) is 4.59. The van der Waals surface area contributed by atoms with Gasteiger partial charge in [0.2, 0.25) is 0 Å². The van der Waals surface area contributed by atoms with Gasteiger partial charge in [0.25, 0.3) is 0 Å². The molecule has 1 aliphatic heterocycles. The Balaban J connectivity index is 2.20. The molecular weight excluding hydrogens is 412 g/mol. The van der Waals surface area contributed by atoms with Crippen LogP contribution in [0.5, 0.6) is 34.5 Å². The molecule has 5 N–H and O–H groups in total. The molecule has 1 heterocycles. The van der Waals surface area contributed by atoms with Crippen molar-refractivity contribution in [2.75, 3.05) is 6.61 Å². The largest absolute Gasteiger partial charge is 0.507 e. The van der Waals surface area contributed by atoms with Crippen molar-refractivity contribution < 1.29 is 35.1 Å². The second-order valence-corrected chi connectivity index (χ2v) is 8.46. The quantitative estimate of drug-likeness (QED) is 0.261. The number of rotatable bonds is 5. The molecule has 0 saturated heterocycles. The maximum atomic E-state index is 13.5. The lowest BCUT2D eigenvalue weighted by molar-refractivity contribution is 0.0888. The van der Waals surface area contributed by atoms with Crippen LogP contribution in [-0.4, -0.2) is 37.9 Å². The second kappa shape index (κ2) is 8.86. The Kier molecular flexibility index (Phi) is 6.39. The molecule has 32 heavy (non-hydrogen) atoms. The molecule has 0 amide bonds. The molecule has 170 valence electrons. The Morgan fingerprint density at radius 2 is 1.44 bits per heavy atom. The fourth-order valence-corrected chi connectivity index (χ4v) is 3.70. The fourth-order valence-electron chi connectivity index (χ4n) is 3.70. The molecule has 0 radical (unpaired) electrons. The molecule has 0 saturated carbocycles. The molecule has 1 atom stereocenters. The van der Waals surface area contributed by atoms with Crippen LogP contribution in [0.25, 0.3) is 0 Å². The van der Waals surface area contributed by atoms with Gasteiger partial charge in [0.1, 0.15) is 35.2 Å². The summed E-state index contributed by atoms with van der Waals surface area (Å²) in [5.74, 6) is -3.28. The van der Waals surface area contributed by atoms with Crippen molar-refractivity contribution >= 4 is 5.78 Å². The highest BCUT2D eigenvalue weighted by molar-refractivity contribution is 6.08. The number of ketones is 1. The lowest BCUT2D eigenvalue weighted by Gasteiger charge is -2.29. The molecule has 0 fully saturated rings. The van der Waals surface area contributed by atoms with Crippen LogP contribution in [0.4, 0.5) is 0 Å². The summed E-state index contributed by atoms with van der Waals surface area (Å²) in [5, 5.41) is 51.6. The van der Waals surface area contributed by atoms with Gasteiger partial charge in [-0.25, -0.2) is 0 Å². The van der Waals surface area contributed by atoms with Crippen LogP contribution in [0.3, 0.4) is 0 Å². The Hall–Kier alpha value is -3.61. The summed E-state index contributed by atoms with van der Waals surface area (Å²) in [6.45, 7) is 7.44. The highest BCUT2D eigenvalue weighted by Crippen LogP contribution is 2.49. The zero-order chi connectivity index (χ0) is 23.7. The molecule has 0 aliphatic carbocycles. The molecule has 0 spiro atoms. The van der Waals surface area contributed by atoms with Crippen LogP contribution in [0.15, 0.2) is 35.4 Å². The summed E-state index contributed by atoms with van der Waals surface area (Å²) < 4.78 is 5.85. The van der Waals surface area contributed by atoms with Crippen LogP contribution < -0.4 is 4.74 Å². The van der Waals surface area contributed by atoms with Gasteiger partial charge in [0.05, 0.1) is 5.92 Å². The topological polar surface area (TPSA) is 127 Å². The summed E-state index contributed by atoms with van der Waals surface area (Å²) in [6, 6.07) is 2.05. The normalized spacial score (nSPS) is 15.0. The predicted molar refractivity (Wildman–Crippen MR) is 120 cm³/mol. The van der Waals surface area contributed by atoms with Crippen molar-refractivity contribution in [1.29, 1.82) is 0 Å². The number of phenolic OH excluding ortho intramolecular Hbond substituents is 5. The third kappa shape index (κ3) is 4.23. The van der Waals surface area contributed by atoms with Crippen molar-refractivity contribution in [3.8, 4) is 34.5 Å². The van der Waals surface area contributed by atoms with E-state index in [0.717, 1.165) is 23.3 Å². The average molecular weight is 440 g/mol. The summed E-state index contributed by atoms with van der Waals surface area (Å²) in [4.78, 5) is 13.5. The van der Waals surface area contributed by atoms with Gasteiger partial charge in [-0.3, -0.25) is 4.79 Å². The highest BCUT2D eigenvalue weighted by atomic mass is 16.5. The van der Waals surface area contributed by atoms with E-state index < -0.39 is 23.2 Å². The number of phenols is 5. The first kappa shape index (κ1) is 23.1. The van der Waals surface area contributed by atoms with E-state index in [2.05, 4.69) is 0 Å². The average Bonchev–Trinajstić information content (AvgIpc) is 2.70. The first-order valence-corrected chi connectivity index (χ1v) is 10.3. The number of benzene rings is 2. The standard InChI is InChI=1S/C25H28O7/c1-12(2)5-7-14-22(29)15(8-6-13(3)4)25-21(23(14)30)24(31)17(11-32-25)16-9-19(27)20(28)10-18(16)26/h5-6,9-10,17,26-30H,7-8,11H2,1-4H3. The number of ether oxygens (including phenoxy) is 1. The Morgan fingerprint density at radius 3 is 2.03 bits per heavy atom. The first-order valence-electron chi connectivity index (χ1n) is 10.3. The third-order valence-corrected chi connectivity index (χ3v) is 5.48. The monoisotopic (exact) mass is 440 g/mol. The smallest absolute Gasteiger partial charge is 0.181 e. The maximum Gasteiger partial charge on any atom is 0.181 e. The minimum absolute atomic E-state index is 0.0691. The van der Waals surface area contributed by atoms with Crippen molar-refractivity contribution in [3.63, 3.8) is 0 Å². The lowest BCUT2D eigenvalue weighted by atomic mass is 9.84. The van der Waals surface area contributed by atoms with Crippen LogP contribution in [0.2, 0.25) is 0 Å². The molecule has 7 heteroatoms. The number of Topliss-reactive ketones (excluding diaryl/α,β-unsaturated/α-hetero) is 1. The zero-order valence-electron chi connectivity index (χ0n) is 18.6. The third-order valence-electron chi connectivity index (χ3n) is 5.48. The second-order valence-electron chi connectivity index (χ2n) is 8.46. The minimum Gasteiger partial charge on any atom is -0.507 e. The summed E-state index contributed by atoms with van der Waals surface area (Å²) in [5.41, 5.74) is 2.62. The van der Waals surface area contributed by atoms with Gasteiger partial charge in [0, 0.05) is 22.8 Å². The van der Waals surface area contributed by atoms with Crippen molar-refractivity contribution in [2.45, 2.75) is 46.5 Å². The number of fused-ring (bicyclic) bond motifs is 1. The molecule has 0 bridgehead atoms. The number of carbonyl (C=O) groups is 1. The Bertz CT molecular complexity index is 1130. The van der Waals surface area contributed by atoms with E-state index in [1.807, 2.05) is 39.8 Å². The lowest BCUT2D eigenvalue weighted by Crippen LogP contribution is -2.27. The summed E-state index contributed by atoms with van der Waals surface area (Å²) in [6.07, 6.45) is 4.25. The van der Waals surface area contributed by atoms with Crippen LogP contribution in [-0.2, 0) is 12.8 Å². The van der Waals surface area contributed by atoms with Crippen LogP contribution >= 0.6 is 0 Å². The van der Waals surface area contributed by atoms with E-state index in [4.69, 9.17) is 4.74 Å². The van der Waals surface area contributed by atoms with Gasteiger partial charge < -0.3 is 30.3 Å². The number of aromatic hydroxyl groups is 5. The number of hydrogen-bond acceptors (Lipinski definition) is 7. The summed E-state index contributed by atoms with van der Waals surface area (Å²) in [7, 11) is 0. The first-order chi connectivity index (χ1) is 15.0. The molecule has 1 aliphatic rings. The number of hydrogen-bond donors (Lipinski definition) is 5. The van der Waals surface area contributed by atoms with Gasteiger partial charge in [-0.15, -0.1) is 0 Å². The maximum absolute atomic E-state index is 13.5. The fraction of sp³-hybridized carbons (Fsp3) is 0.320. The summed E-state index contributed by atoms with van der Waals surface area (Å²) >= 11 is 0. The van der Waals surface area contributed by atoms with Gasteiger partial charge in [-0.1, -0.05) is 23.3 Å². The number of allylic oxidation sites excluding steroid dienone is 4. The van der Waals surface area contributed by atoms with E-state index >= 15 is 0 Å². The van der Waals surface area contributed by atoms with Gasteiger partial charge in [0.15, 0.2) is 17.3 Å². The Morgan fingerprint density at radius 1 is 0.875 bits per heavy atom. The molecule has 1 unspecified atom stereocenters. The van der Waals surface area contributed by atoms with Gasteiger partial charge >= 0.3 is 0 Å². The molecule has 2 aromatic rings. The van der Waals surface area contributed by atoms with E-state index in [-0.39, 0.29) is 52.7 Å². The van der Waals surface area contributed by atoms with E-state index in [1.54, 1.807) is 0 Å². The van der Waals surface area contributed by atoms with Crippen molar-refractivity contribution in [2.24, 2.45) is 0 Å². The highest BCUT2D eigenvalue weighted by Gasteiger charge is 2.38. The van der Waals surface area contributed by atoms with E-state index in [9.17, 15) is 30.3 Å². The molecule has 0 aromatic heterocycles.